The van der Waals surface area contributed by atoms with Crippen molar-refractivity contribution in [2.24, 2.45) is 4.99 Å². The second-order valence-corrected chi connectivity index (χ2v) is 7.26. The Morgan fingerprint density at radius 2 is 1.80 bits per heavy atom. The Morgan fingerprint density at radius 1 is 1.07 bits per heavy atom. The third-order valence-electron chi connectivity index (χ3n) is 4.62. The molecule has 0 bridgehead atoms. The Morgan fingerprint density at radius 3 is 2.57 bits per heavy atom. The number of benzene rings is 2. The summed E-state index contributed by atoms with van der Waals surface area (Å²) in [7, 11) is 3.82. The zero-order valence-corrected chi connectivity index (χ0v) is 16.8. The van der Waals surface area contributed by atoms with Crippen molar-refractivity contribution in [2.45, 2.75) is 12.7 Å². The third kappa shape index (κ3) is 4.16. The molecule has 0 radical (unpaired) electrons. The zero-order valence-electron chi connectivity index (χ0n) is 16.8. The van der Waals surface area contributed by atoms with Crippen LogP contribution in [0.5, 0.6) is 0 Å². The number of nitrogens with zero attached hydrogens (tertiary/aromatic N) is 2. The maximum Gasteiger partial charge on any atom is 0.289 e. The smallest absolute Gasteiger partial charge is 0.289 e. The molecule has 7 nitrogen and oxygen atoms in total. The molecule has 0 spiro atoms. The SMILES string of the molecule is CN(C)Cc1ccc(C(=O)NC2N=C(c3ccccc3)c3ccccc3NC2=O)o1. The van der Waals surface area contributed by atoms with Gasteiger partial charge in [-0.2, -0.15) is 0 Å². The molecule has 2 amide bonds. The first-order valence-corrected chi connectivity index (χ1v) is 9.59. The summed E-state index contributed by atoms with van der Waals surface area (Å²) in [5, 5.41) is 5.54. The highest BCUT2D eigenvalue weighted by Gasteiger charge is 2.28. The van der Waals surface area contributed by atoms with Crippen LogP contribution in [0.1, 0.15) is 27.4 Å². The summed E-state index contributed by atoms with van der Waals surface area (Å²) in [6, 6.07) is 20.4. The molecule has 0 aliphatic carbocycles. The van der Waals surface area contributed by atoms with Gasteiger partial charge >= 0.3 is 0 Å². The highest BCUT2D eigenvalue weighted by Crippen LogP contribution is 2.23. The minimum absolute atomic E-state index is 0.137. The molecule has 1 unspecified atom stereocenters. The number of fused-ring (bicyclic) bond motifs is 1. The first kappa shape index (κ1) is 19.6. The van der Waals surface area contributed by atoms with Crippen LogP contribution >= 0.6 is 0 Å². The summed E-state index contributed by atoms with van der Waals surface area (Å²) in [4.78, 5) is 32.1. The average Bonchev–Trinajstić information content (AvgIpc) is 3.14. The molecular formula is C23H22N4O3. The summed E-state index contributed by atoms with van der Waals surface area (Å²) >= 11 is 0. The van der Waals surface area contributed by atoms with Crippen LogP contribution in [0.2, 0.25) is 0 Å². The minimum atomic E-state index is -1.09. The molecule has 2 heterocycles. The second kappa shape index (κ2) is 8.34. The molecule has 0 saturated carbocycles. The number of aliphatic imine (C=N–C) groups is 1. The molecule has 0 fully saturated rings. The predicted molar refractivity (Wildman–Crippen MR) is 115 cm³/mol. The van der Waals surface area contributed by atoms with E-state index < -0.39 is 18.0 Å². The van der Waals surface area contributed by atoms with Crippen LogP contribution in [-0.2, 0) is 11.3 Å². The van der Waals surface area contributed by atoms with Gasteiger partial charge in [0.2, 0.25) is 6.17 Å². The lowest BCUT2D eigenvalue weighted by Gasteiger charge is -2.12. The first-order valence-electron chi connectivity index (χ1n) is 9.59. The fraction of sp³-hybridized carbons (Fsp3) is 0.174. The standard InChI is InChI=1S/C23H22N4O3/c1-27(2)14-16-12-13-19(30-16)22(28)26-21-23(29)24-18-11-7-6-10-17(18)20(25-21)15-8-4-3-5-9-15/h3-13,21H,14H2,1-2H3,(H,24,29)(H,26,28). The molecule has 30 heavy (non-hydrogen) atoms. The van der Waals surface area contributed by atoms with Crippen LogP contribution in [0, 0.1) is 0 Å². The Hall–Kier alpha value is -3.71. The van der Waals surface area contributed by atoms with Gasteiger partial charge in [-0.1, -0.05) is 48.5 Å². The number of hydrogen-bond acceptors (Lipinski definition) is 5. The fourth-order valence-electron chi connectivity index (χ4n) is 3.27. The quantitative estimate of drug-likeness (QED) is 0.687. The third-order valence-corrected chi connectivity index (χ3v) is 4.62. The van der Waals surface area contributed by atoms with Gasteiger partial charge in [-0.25, -0.2) is 4.99 Å². The van der Waals surface area contributed by atoms with E-state index in [1.807, 2.05) is 73.6 Å². The van der Waals surface area contributed by atoms with Crippen molar-refractivity contribution in [3.63, 3.8) is 0 Å². The van der Waals surface area contributed by atoms with Crippen molar-refractivity contribution in [2.75, 3.05) is 19.4 Å². The van der Waals surface area contributed by atoms with E-state index in [0.29, 0.717) is 23.7 Å². The van der Waals surface area contributed by atoms with Gasteiger partial charge in [0.25, 0.3) is 11.8 Å². The van der Waals surface area contributed by atoms with Crippen molar-refractivity contribution < 1.29 is 14.0 Å². The van der Waals surface area contributed by atoms with Crippen LogP contribution < -0.4 is 10.6 Å². The van der Waals surface area contributed by atoms with Gasteiger partial charge in [0.1, 0.15) is 5.76 Å². The van der Waals surface area contributed by atoms with E-state index in [4.69, 9.17) is 4.42 Å². The van der Waals surface area contributed by atoms with Crippen LogP contribution in [0.3, 0.4) is 0 Å². The van der Waals surface area contributed by atoms with Gasteiger partial charge in [-0.15, -0.1) is 0 Å². The summed E-state index contributed by atoms with van der Waals surface area (Å²) in [5.74, 6) is -0.113. The Balaban J connectivity index is 1.65. The Bertz CT molecular complexity index is 1100. The zero-order chi connectivity index (χ0) is 21.1. The van der Waals surface area contributed by atoms with E-state index in [-0.39, 0.29) is 5.76 Å². The molecule has 1 aliphatic heterocycles. The summed E-state index contributed by atoms with van der Waals surface area (Å²) in [6.07, 6.45) is -1.09. The van der Waals surface area contributed by atoms with E-state index in [2.05, 4.69) is 15.6 Å². The number of hydrogen-bond donors (Lipinski definition) is 2. The topological polar surface area (TPSA) is 86.9 Å². The van der Waals surface area contributed by atoms with Gasteiger partial charge < -0.3 is 20.0 Å². The van der Waals surface area contributed by atoms with Crippen molar-refractivity contribution in [1.29, 1.82) is 0 Å². The summed E-state index contributed by atoms with van der Waals surface area (Å²) < 4.78 is 5.60. The van der Waals surface area contributed by atoms with Crippen molar-refractivity contribution in [1.82, 2.24) is 10.2 Å². The van der Waals surface area contributed by atoms with Gasteiger partial charge in [0, 0.05) is 11.1 Å². The van der Waals surface area contributed by atoms with Gasteiger partial charge in [-0.3, -0.25) is 9.59 Å². The number of anilines is 1. The normalized spacial score (nSPS) is 15.8. The number of para-hydroxylation sites is 1. The van der Waals surface area contributed by atoms with Crippen LogP contribution in [0.15, 0.2) is 76.1 Å². The lowest BCUT2D eigenvalue weighted by molar-refractivity contribution is -0.117. The van der Waals surface area contributed by atoms with Crippen LogP contribution in [0.25, 0.3) is 0 Å². The van der Waals surface area contributed by atoms with Gasteiger partial charge in [0.05, 0.1) is 17.9 Å². The predicted octanol–water partition coefficient (Wildman–Crippen LogP) is 2.89. The summed E-state index contributed by atoms with van der Waals surface area (Å²) in [5.41, 5.74) is 2.92. The molecule has 4 rings (SSSR count). The first-order chi connectivity index (χ1) is 14.5. The number of nitrogens with one attached hydrogen (secondary N) is 2. The average molecular weight is 402 g/mol. The number of carbonyl (C=O) groups is 2. The van der Waals surface area contributed by atoms with E-state index in [0.717, 1.165) is 11.1 Å². The number of amides is 2. The maximum atomic E-state index is 12.8. The van der Waals surface area contributed by atoms with E-state index in [1.165, 1.54) is 0 Å². The van der Waals surface area contributed by atoms with E-state index in [9.17, 15) is 9.59 Å². The molecule has 152 valence electrons. The lowest BCUT2D eigenvalue weighted by atomic mass is 10.0. The lowest BCUT2D eigenvalue weighted by Crippen LogP contribution is -2.42. The van der Waals surface area contributed by atoms with E-state index in [1.54, 1.807) is 12.1 Å². The van der Waals surface area contributed by atoms with Gasteiger partial charge in [0.15, 0.2) is 5.76 Å². The van der Waals surface area contributed by atoms with Crippen LogP contribution in [0.4, 0.5) is 5.69 Å². The summed E-state index contributed by atoms with van der Waals surface area (Å²) in [6.45, 7) is 0.572. The van der Waals surface area contributed by atoms with Crippen molar-refractivity contribution >= 4 is 23.2 Å². The number of carbonyl (C=O) groups excluding carboxylic acids is 2. The molecule has 1 aliphatic rings. The Kier molecular flexibility index (Phi) is 5.45. The fourth-order valence-corrected chi connectivity index (χ4v) is 3.27. The number of benzodiazepines with no additional fused rings is 1. The second-order valence-electron chi connectivity index (χ2n) is 7.26. The monoisotopic (exact) mass is 402 g/mol. The molecule has 2 N–H and O–H groups in total. The highest BCUT2D eigenvalue weighted by molar-refractivity contribution is 6.19. The van der Waals surface area contributed by atoms with Crippen molar-refractivity contribution in [3.8, 4) is 0 Å². The molecule has 0 saturated heterocycles. The van der Waals surface area contributed by atoms with E-state index >= 15 is 0 Å². The molecule has 1 aromatic heterocycles. The molecule has 1 atom stereocenters. The van der Waals surface area contributed by atoms with Crippen LogP contribution in [-0.4, -0.2) is 42.7 Å². The minimum Gasteiger partial charge on any atom is -0.455 e. The molecular weight excluding hydrogens is 380 g/mol. The Labute approximate surface area is 174 Å². The molecule has 3 aromatic rings. The van der Waals surface area contributed by atoms with Gasteiger partial charge in [-0.05, 0) is 32.3 Å². The maximum absolute atomic E-state index is 12.8. The number of rotatable bonds is 5. The highest BCUT2D eigenvalue weighted by atomic mass is 16.4. The molecule has 7 heteroatoms. The van der Waals surface area contributed by atoms with Crippen molar-refractivity contribution in [3.05, 3.63) is 89.4 Å². The largest absolute Gasteiger partial charge is 0.455 e. The molecule has 2 aromatic carbocycles. The number of furan rings is 1.